The topological polar surface area (TPSA) is 112 Å². The Morgan fingerprint density at radius 3 is 2.56 bits per heavy atom. The predicted octanol–water partition coefficient (Wildman–Crippen LogP) is 2.74. The van der Waals surface area contributed by atoms with E-state index in [9.17, 15) is 13.5 Å². The van der Waals surface area contributed by atoms with Gasteiger partial charge >= 0.3 is 15.0 Å². The van der Waals surface area contributed by atoms with Gasteiger partial charge in [0.05, 0.1) is 15.5 Å². The fourth-order valence-electron chi connectivity index (χ4n) is 2.32. The van der Waals surface area contributed by atoms with Crippen molar-refractivity contribution < 1.29 is 22.7 Å². The lowest BCUT2D eigenvalue weighted by atomic mass is 10.3. The number of nitrogens with one attached hydrogen (secondary N) is 1. The molecule has 2 aromatic heterocycles. The predicted molar refractivity (Wildman–Crippen MR) is 97.9 cm³/mol. The van der Waals surface area contributed by atoms with Crippen LogP contribution in [0.5, 0.6) is 5.95 Å². The number of hydrogen-bond acceptors (Lipinski definition) is 7. The molecule has 0 saturated heterocycles. The Labute approximate surface area is 166 Å². The highest BCUT2D eigenvalue weighted by Gasteiger charge is 2.34. The van der Waals surface area contributed by atoms with Crippen molar-refractivity contribution in [2.45, 2.75) is 5.03 Å². The summed E-state index contributed by atoms with van der Waals surface area (Å²) in [5.74, 6) is -1.11. The highest BCUT2D eigenvalue weighted by atomic mass is 35.5. The van der Waals surface area contributed by atoms with Crippen LogP contribution in [0.25, 0.3) is 15.9 Å². The molecule has 4 aromatic rings. The molecule has 138 valence electrons. The largest absolute Gasteiger partial charge is 0.538 e. The van der Waals surface area contributed by atoms with Gasteiger partial charge in [0.2, 0.25) is 5.69 Å². The second-order valence-corrected chi connectivity index (χ2v) is 8.79. The van der Waals surface area contributed by atoms with Crippen molar-refractivity contribution >= 4 is 59.9 Å². The van der Waals surface area contributed by atoms with Crippen molar-refractivity contribution in [1.29, 1.82) is 0 Å². The molecule has 2 heterocycles. The molecule has 0 aliphatic rings. The molecule has 27 heavy (non-hydrogen) atoms. The van der Waals surface area contributed by atoms with E-state index in [0.29, 0.717) is 25.9 Å². The number of anilines is 1. The summed E-state index contributed by atoms with van der Waals surface area (Å²) >= 11 is 12.8. The lowest BCUT2D eigenvalue weighted by Gasteiger charge is -2.02. The van der Waals surface area contributed by atoms with Gasteiger partial charge in [-0.25, -0.2) is 9.71 Å². The van der Waals surface area contributed by atoms with E-state index in [1.54, 1.807) is 18.2 Å². The maximum absolute atomic E-state index is 12.8. The summed E-state index contributed by atoms with van der Waals surface area (Å²) in [6, 6.07) is 11.0. The first kappa shape index (κ1) is 18.0. The summed E-state index contributed by atoms with van der Waals surface area (Å²) in [6.07, 6.45) is 0. The Morgan fingerprint density at radius 2 is 1.81 bits per heavy atom. The minimum absolute atomic E-state index is 0.0792. The molecule has 0 unspecified atom stereocenters. The molecule has 0 spiro atoms. The number of halogens is 2. The van der Waals surface area contributed by atoms with Crippen LogP contribution in [0.4, 0.5) is 5.13 Å². The summed E-state index contributed by atoms with van der Waals surface area (Å²) in [6.45, 7) is 0. The zero-order valence-electron chi connectivity index (χ0n) is 13.1. The van der Waals surface area contributed by atoms with E-state index < -0.39 is 21.0 Å². The Balaban J connectivity index is 1.75. The first-order valence-electron chi connectivity index (χ1n) is 7.27. The maximum atomic E-state index is 12.8. The van der Waals surface area contributed by atoms with E-state index in [1.807, 2.05) is 0 Å². The molecule has 0 aliphatic carbocycles. The highest BCUT2D eigenvalue weighted by molar-refractivity contribution is 7.92. The third kappa shape index (κ3) is 3.44. The van der Waals surface area contributed by atoms with E-state index in [0.717, 1.165) is 16.0 Å². The number of sulfonamides is 1. The number of benzene rings is 2. The van der Waals surface area contributed by atoms with Gasteiger partial charge in [-0.05, 0) is 35.0 Å². The number of aromatic nitrogens is 3. The molecule has 12 heteroatoms. The van der Waals surface area contributed by atoms with Crippen LogP contribution in [0.1, 0.15) is 0 Å². The van der Waals surface area contributed by atoms with Crippen molar-refractivity contribution in [1.82, 2.24) is 10.3 Å². The molecular formula is C15H8Cl2N4O4S2. The molecule has 0 saturated carbocycles. The minimum atomic E-state index is -4.32. The van der Waals surface area contributed by atoms with Crippen LogP contribution in [-0.2, 0) is 10.0 Å². The van der Waals surface area contributed by atoms with Gasteiger partial charge in [0.15, 0.2) is 11.1 Å². The Hall–Kier alpha value is -2.40. The minimum Gasteiger partial charge on any atom is -0.538 e. The lowest BCUT2D eigenvalue weighted by Crippen LogP contribution is -2.40. The molecular weight excluding hydrogens is 435 g/mol. The number of thiazole rings is 1. The fourth-order valence-corrected chi connectivity index (χ4v) is 4.93. The average Bonchev–Trinajstić information content (AvgIpc) is 3.18. The molecule has 0 radical (unpaired) electrons. The van der Waals surface area contributed by atoms with Crippen molar-refractivity contribution in [3.8, 4) is 11.6 Å². The summed E-state index contributed by atoms with van der Waals surface area (Å²) in [5, 5.41) is 15.9. The average molecular weight is 443 g/mol. The monoisotopic (exact) mass is 442 g/mol. The maximum Gasteiger partial charge on any atom is 0.373 e. The number of nitrogens with zero attached hydrogens (tertiary/aromatic N) is 3. The normalized spacial score (nSPS) is 11.8. The van der Waals surface area contributed by atoms with Crippen LogP contribution >= 0.6 is 34.5 Å². The Kier molecular flexibility index (Phi) is 4.42. The third-order valence-electron chi connectivity index (χ3n) is 3.47. The molecule has 4 rings (SSSR count). The number of fused-ring (bicyclic) bond motifs is 1. The molecule has 0 aliphatic heterocycles. The van der Waals surface area contributed by atoms with Gasteiger partial charge in [-0.15, -0.1) is 0 Å². The Morgan fingerprint density at radius 1 is 1.11 bits per heavy atom. The van der Waals surface area contributed by atoms with Gasteiger partial charge < -0.3 is 9.63 Å². The van der Waals surface area contributed by atoms with E-state index in [2.05, 4.69) is 19.5 Å². The standard InChI is InChI=1S/C15H8Cl2N4O4S2/c16-8-1-4-10(5-2-8)21-13(14(22)25-20-21)27(23,24)19-15-18-11-6-3-9(17)7-12(11)26-15/h1-7H,(H-,18,19,20,22). The summed E-state index contributed by atoms with van der Waals surface area (Å²) < 4.78 is 33.9. The van der Waals surface area contributed by atoms with E-state index >= 15 is 0 Å². The van der Waals surface area contributed by atoms with E-state index in [1.165, 1.54) is 24.3 Å². The van der Waals surface area contributed by atoms with Crippen molar-refractivity contribution in [3.63, 3.8) is 0 Å². The van der Waals surface area contributed by atoms with Gasteiger partial charge in [-0.1, -0.05) is 34.5 Å². The van der Waals surface area contributed by atoms with Gasteiger partial charge in [-0.2, -0.15) is 8.42 Å². The summed E-state index contributed by atoms with van der Waals surface area (Å²) in [7, 11) is -4.32. The van der Waals surface area contributed by atoms with Crippen LogP contribution in [0, 0.1) is 0 Å². The van der Waals surface area contributed by atoms with Gasteiger partial charge in [0.25, 0.3) is 0 Å². The molecule has 8 nitrogen and oxygen atoms in total. The highest BCUT2D eigenvalue weighted by Crippen LogP contribution is 2.30. The van der Waals surface area contributed by atoms with Crippen molar-refractivity contribution in [3.05, 3.63) is 52.5 Å². The number of hydrogen-bond donors (Lipinski definition) is 1. The van der Waals surface area contributed by atoms with Crippen LogP contribution in [0.3, 0.4) is 0 Å². The van der Waals surface area contributed by atoms with Gasteiger partial charge in [0.1, 0.15) is 0 Å². The van der Waals surface area contributed by atoms with Gasteiger partial charge in [0, 0.05) is 22.2 Å². The smallest absolute Gasteiger partial charge is 0.373 e. The zero-order chi connectivity index (χ0) is 19.2. The Bertz CT molecular complexity index is 1250. The van der Waals surface area contributed by atoms with Crippen molar-refractivity contribution in [2.24, 2.45) is 0 Å². The molecule has 0 bridgehead atoms. The zero-order valence-corrected chi connectivity index (χ0v) is 16.2. The van der Waals surface area contributed by atoms with Crippen LogP contribution < -0.4 is 14.5 Å². The molecule has 0 amide bonds. The quantitative estimate of drug-likeness (QED) is 0.486. The fraction of sp³-hybridized carbons (Fsp3) is 0. The van der Waals surface area contributed by atoms with Gasteiger partial charge in [-0.3, -0.25) is 0 Å². The van der Waals surface area contributed by atoms with Crippen molar-refractivity contribution in [2.75, 3.05) is 4.72 Å². The molecule has 1 N–H and O–H groups in total. The van der Waals surface area contributed by atoms with E-state index in [4.69, 9.17) is 23.2 Å². The SMILES string of the molecule is O=S(=O)(Nc1nc2ccc(Cl)cc2s1)c1c([O-])on[n+]1-c1ccc(Cl)cc1. The third-order valence-corrected chi connectivity index (χ3v) is 6.33. The second-order valence-electron chi connectivity index (χ2n) is 5.29. The summed E-state index contributed by atoms with van der Waals surface area (Å²) in [4.78, 5) is 4.18. The summed E-state index contributed by atoms with van der Waals surface area (Å²) in [5.41, 5.74) is 0.863. The molecule has 0 fully saturated rings. The van der Waals surface area contributed by atoms with E-state index in [-0.39, 0.29) is 5.13 Å². The molecule has 0 atom stereocenters. The lowest BCUT2D eigenvalue weighted by molar-refractivity contribution is -0.706. The first-order chi connectivity index (χ1) is 12.8. The molecule has 2 aromatic carbocycles. The van der Waals surface area contributed by atoms with Crippen LogP contribution in [-0.4, -0.2) is 18.7 Å². The number of rotatable bonds is 4. The van der Waals surface area contributed by atoms with Crippen LogP contribution in [0.2, 0.25) is 10.0 Å². The second kappa shape index (κ2) is 6.64. The first-order valence-corrected chi connectivity index (χ1v) is 10.3. The van der Waals surface area contributed by atoms with Crippen LogP contribution in [0.15, 0.2) is 52.0 Å².